The van der Waals surface area contributed by atoms with Gasteiger partial charge in [-0.2, -0.15) is 0 Å². The lowest BCUT2D eigenvalue weighted by Crippen LogP contribution is -2.46. The van der Waals surface area contributed by atoms with E-state index in [-0.39, 0.29) is 24.7 Å². The molecule has 6 heteroatoms. The highest BCUT2D eigenvalue weighted by molar-refractivity contribution is 5.67. The summed E-state index contributed by atoms with van der Waals surface area (Å²) in [5, 5.41) is 9.52. The van der Waals surface area contributed by atoms with Crippen molar-refractivity contribution in [3.05, 3.63) is 95.1 Å². The van der Waals surface area contributed by atoms with Crippen LogP contribution in [0.3, 0.4) is 0 Å². The zero-order chi connectivity index (χ0) is 26.5. The monoisotopic (exact) mass is 516 g/mol. The van der Waals surface area contributed by atoms with Crippen LogP contribution in [0.15, 0.2) is 72.8 Å². The molecule has 2 aliphatic rings. The van der Waals surface area contributed by atoms with Crippen molar-refractivity contribution in [1.29, 1.82) is 0 Å². The minimum absolute atomic E-state index is 0.00590. The number of hydrogen-bond acceptors (Lipinski definition) is 6. The molecule has 3 N–H and O–H groups in total. The number of nitrogens with two attached hydrogens (primary N) is 1. The minimum atomic E-state index is -0.471. The molecular weight excluding hydrogens is 476 g/mol. The van der Waals surface area contributed by atoms with Crippen molar-refractivity contribution in [2.24, 2.45) is 11.7 Å². The summed E-state index contributed by atoms with van der Waals surface area (Å²) < 4.78 is 18.9. The van der Waals surface area contributed by atoms with E-state index in [1.807, 2.05) is 24.3 Å². The number of likely N-dealkylation sites (tertiary alicyclic amines) is 1. The molecular formula is C32H40N2O4. The predicted molar refractivity (Wildman–Crippen MR) is 149 cm³/mol. The Hall–Kier alpha value is -2.58. The number of aliphatic hydroxyl groups excluding tert-OH is 1. The summed E-state index contributed by atoms with van der Waals surface area (Å²) in [7, 11) is 1.78. The largest absolute Gasteiger partial charge is 0.392 e. The van der Waals surface area contributed by atoms with Crippen LogP contribution in [0.2, 0.25) is 0 Å². The third-order valence-corrected chi connectivity index (χ3v) is 8.13. The summed E-state index contributed by atoms with van der Waals surface area (Å²) in [6.45, 7) is 5.42. The fraction of sp³-hybridized carbons (Fsp3) is 0.438. The van der Waals surface area contributed by atoms with Crippen molar-refractivity contribution in [3.63, 3.8) is 0 Å². The van der Waals surface area contributed by atoms with Gasteiger partial charge in [0.25, 0.3) is 0 Å². The molecule has 0 amide bonds. The Bertz CT molecular complexity index is 1170. The van der Waals surface area contributed by atoms with E-state index in [2.05, 4.69) is 60.4 Å². The fourth-order valence-corrected chi connectivity index (χ4v) is 5.88. The quantitative estimate of drug-likeness (QED) is 0.407. The topological polar surface area (TPSA) is 77.2 Å². The molecule has 0 aromatic heterocycles. The summed E-state index contributed by atoms with van der Waals surface area (Å²) >= 11 is 0. The predicted octanol–water partition coefficient (Wildman–Crippen LogP) is 5.21. The van der Waals surface area contributed by atoms with Gasteiger partial charge in [-0.25, -0.2) is 0 Å². The molecule has 202 valence electrons. The van der Waals surface area contributed by atoms with Crippen LogP contribution < -0.4 is 5.73 Å². The van der Waals surface area contributed by atoms with E-state index in [0.717, 1.165) is 59.5 Å². The molecule has 0 radical (unpaired) electrons. The SMILES string of the molecule is COC[C@@H]1CCCN1C[C@H]1O[C@@H](c2ccc(-c3ccccc3CN)cc2)O[C@@H](c2ccc(CO)cc2)[C@H]1C. The van der Waals surface area contributed by atoms with E-state index in [1.165, 1.54) is 6.42 Å². The molecule has 0 bridgehead atoms. The highest BCUT2D eigenvalue weighted by atomic mass is 16.7. The number of aliphatic hydroxyl groups is 1. The summed E-state index contributed by atoms with van der Waals surface area (Å²) in [5.74, 6) is 0.158. The summed E-state index contributed by atoms with van der Waals surface area (Å²) in [6.07, 6.45) is 1.76. The van der Waals surface area contributed by atoms with Crippen LogP contribution >= 0.6 is 0 Å². The highest BCUT2D eigenvalue weighted by Gasteiger charge is 2.40. The van der Waals surface area contributed by atoms with Gasteiger partial charge < -0.3 is 25.1 Å². The number of benzene rings is 3. The van der Waals surface area contributed by atoms with Crippen molar-refractivity contribution >= 4 is 0 Å². The lowest BCUT2D eigenvalue weighted by molar-refractivity contribution is -0.276. The first-order valence-corrected chi connectivity index (χ1v) is 13.7. The second-order valence-corrected chi connectivity index (χ2v) is 10.6. The Morgan fingerprint density at radius 1 is 0.974 bits per heavy atom. The first-order valence-electron chi connectivity index (χ1n) is 13.7. The minimum Gasteiger partial charge on any atom is -0.392 e. The Morgan fingerprint density at radius 2 is 1.71 bits per heavy atom. The van der Waals surface area contributed by atoms with Crippen molar-refractivity contribution in [2.45, 2.75) is 57.5 Å². The van der Waals surface area contributed by atoms with E-state index in [9.17, 15) is 5.11 Å². The first kappa shape index (κ1) is 27.0. The number of hydrogen-bond donors (Lipinski definition) is 2. The molecule has 38 heavy (non-hydrogen) atoms. The van der Waals surface area contributed by atoms with Gasteiger partial charge in [0.05, 0.1) is 25.4 Å². The van der Waals surface area contributed by atoms with Gasteiger partial charge in [-0.05, 0) is 47.2 Å². The standard InChI is InChI=1S/C32H40N2O4/c1-22-30(19-34-17-5-7-28(34)21-36-2)37-32(38-31(22)25-11-9-23(20-35)10-12-25)26-15-13-24(14-16-26)29-8-4-3-6-27(29)18-33/h3-4,6,8-16,22,28,30-32,35H,5,7,17-21,33H2,1-2H3/t22-,28-,30+,31+,32+/m0/s1. The number of rotatable bonds is 9. The van der Waals surface area contributed by atoms with Crippen molar-refractivity contribution in [3.8, 4) is 11.1 Å². The number of nitrogens with zero attached hydrogens (tertiary/aromatic N) is 1. The molecule has 3 aromatic rings. The van der Waals surface area contributed by atoms with Gasteiger partial charge in [0, 0.05) is 37.7 Å². The lowest BCUT2D eigenvalue weighted by Gasteiger charge is -2.43. The average Bonchev–Trinajstić information content (AvgIpc) is 3.41. The van der Waals surface area contributed by atoms with Gasteiger partial charge in [-0.15, -0.1) is 0 Å². The normalized spacial score (nSPS) is 26.1. The zero-order valence-corrected chi connectivity index (χ0v) is 22.5. The maximum Gasteiger partial charge on any atom is 0.184 e. The van der Waals surface area contributed by atoms with E-state index < -0.39 is 6.29 Å². The molecule has 2 heterocycles. The number of ether oxygens (including phenoxy) is 3. The third-order valence-electron chi connectivity index (χ3n) is 8.13. The van der Waals surface area contributed by atoms with Gasteiger partial charge in [0.15, 0.2) is 6.29 Å². The summed E-state index contributed by atoms with van der Waals surface area (Å²) in [5.41, 5.74) is 12.4. The summed E-state index contributed by atoms with van der Waals surface area (Å²) in [6, 6.07) is 25.3. The second-order valence-electron chi connectivity index (χ2n) is 10.6. The van der Waals surface area contributed by atoms with Crippen LogP contribution in [0.5, 0.6) is 0 Å². The van der Waals surface area contributed by atoms with Crippen molar-refractivity contribution in [1.82, 2.24) is 4.90 Å². The molecule has 0 unspecified atom stereocenters. The van der Waals surface area contributed by atoms with Crippen LogP contribution in [0.25, 0.3) is 11.1 Å². The lowest BCUT2D eigenvalue weighted by atomic mass is 9.89. The molecule has 0 spiro atoms. The summed E-state index contributed by atoms with van der Waals surface area (Å²) in [4.78, 5) is 2.52. The second kappa shape index (κ2) is 12.5. The smallest absolute Gasteiger partial charge is 0.184 e. The highest BCUT2D eigenvalue weighted by Crippen LogP contribution is 2.42. The van der Waals surface area contributed by atoms with Gasteiger partial charge >= 0.3 is 0 Å². The molecule has 5 rings (SSSR count). The molecule has 2 saturated heterocycles. The van der Waals surface area contributed by atoms with E-state index in [0.29, 0.717) is 12.6 Å². The maximum absolute atomic E-state index is 9.52. The fourth-order valence-electron chi connectivity index (χ4n) is 5.88. The Balaban J connectivity index is 1.41. The third kappa shape index (κ3) is 5.86. The Kier molecular flexibility index (Phi) is 8.89. The number of methoxy groups -OCH3 is 1. The van der Waals surface area contributed by atoms with Crippen LogP contribution in [-0.2, 0) is 27.4 Å². The van der Waals surface area contributed by atoms with Gasteiger partial charge in [-0.3, -0.25) is 4.90 Å². The maximum atomic E-state index is 9.52. The molecule has 0 aliphatic carbocycles. The van der Waals surface area contributed by atoms with Crippen molar-refractivity contribution < 1.29 is 19.3 Å². The van der Waals surface area contributed by atoms with E-state index >= 15 is 0 Å². The molecule has 3 aromatic carbocycles. The Labute approximate surface area is 226 Å². The van der Waals surface area contributed by atoms with Crippen molar-refractivity contribution in [2.75, 3.05) is 26.8 Å². The van der Waals surface area contributed by atoms with E-state index in [4.69, 9.17) is 19.9 Å². The molecule has 5 atom stereocenters. The van der Waals surface area contributed by atoms with Crippen LogP contribution in [0, 0.1) is 5.92 Å². The van der Waals surface area contributed by atoms with E-state index in [1.54, 1.807) is 7.11 Å². The molecule has 0 saturated carbocycles. The molecule has 2 aliphatic heterocycles. The van der Waals surface area contributed by atoms with Gasteiger partial charge in [0.1, 0.15) is 0 Å². The van der Waals surface area contributed by atoms with Crippen LogP contribution in [0.4, 0.5) is 0 Å². The van der Waals surface area contributed by atoms with Crippen LogP contribution in [0.1, 0.15) is 54.4 Å². The van der Waals surface area contributed by atoms with Gasteiger partial charge in [-0.1, -0.05) is 79.7 Å². The van der Waals surface area contributed by atoms with Crippen LogP contribution in [-0.4, -0.2) is 49.0 Å². The zero-order valence-electron chi connectivity index (χ0n) is 22.5. The van der Waals surface area contributed by atoms with Gasteiger partial charge in [0.2, 0.25) is 0 Å². The average molecular weight is 517 g/mol. The molecule has 2 fully saturated rings. The first-order chi connectivity index (χ1) is 18.6. The Morgan fingerprint density at radius 3 is 2.42 bits per heavy atom. The molecule has 6 nitrogen and oxygen atoms in total.